The standard InChI is InChI=1S/C15H19ClN4O2/c1-11(2)22-9-5-8-17-15(21)13-10-20(19-18-13)14-7-4-3-6-12(14)16/h3-4,6-7,10-11H,5,8-9H2,1-2H3,(H,17,21). The SMILES string of the molecule is CC(C)OCCCNC(=O)c1cn(-c2ccccc2Cl)nn1. The Morgan fingerprint density at radius 3 is 2.91 bits per heavy atom. The van der Waals surface area contributed by atoms with Gasteiger partial charge in [0.05, 0.1) is 23.0 Å². The number of aromatic nitrogens is 3. The molecule has 0 aliphatic heterocycles. The predicted octanol–water partition coefficient (Wildman–Crippen LogP) is 2.47. The topological polar surface area (TPSA) is 69.0 Å². The van der Waals surface area contributed by atoms with Crippen LogP contribution >= 0.6 is 11.6 Å². The van der Waals surface area contributed by atoms with Crippen LogP contribution in [-0.2, 0) is 4.74 Å². The van der Waals surface area contributed by atoms with Crippen molar-refractivity contribution < 1.29 is 9.53 Å². The first-order valence-electron chi connectivity index (χ1n) is 7.15. The maximum absolute atomic E-state index is 12.0. The summed E-state index contributed by atoms with van der Waals surface area (Å²) in [5.74, 6) is -0.261. The second kappa shape index (κ2) is 7.91. The average Bonchev–Trinajstić information content (AvgIpc) is 2.96. The highest BCUT2D eigenvalue weighted by atomic mass is 35.5. The molecule has 1 aromatic carbocycles. The van der Waals surface area contributed by atoms with Crippen molar-refractivity contribution in [3.8, 4) is 5.69 Å². The van der Waals surface area contributed by atoms with Gasteiger partial charge in [0.25, 0.3) is 5.91 Å². The number of carbonyl (C=O) groups excluding carboxylic acids is 1. The van der Waals surface area contributed by atoms with E-state index in [1.807, 2.05) is 32.0 Å². The van der Waals surface area contributed by atoms with E-state index in [0.717, 1.165) is 6.42 Å². The number of carbonyl (C=O) groups is 1. The summed E-state index contributed by atoms with van der Waals surface area (Å²) < 4.78 is 6.89. The largest absolute Gasteiger partial charge is 0.379 e. The molecule has 1 aromatic heterocycles. The fraction of sp³-hybridized carbons (Fsp3) is 0.400. The van der Waals surface area contributed by atoms with Gasteiger partial charge in [-0.3, -0.25) is 4.79 Å². The molecule has 1 amide bonds. The number of nitrogens with one attached hydrogen (secondary N) is 1. The van der Waals surface area contributed by atoms with Crippen molar-refractivity contribution in [2.45, 2.75) is 26.4 Å². The third kappa shape index (κ3) is 4.54. The van der Waals surface area contributed by atoms with E-state index in [1.54, 1.807) is 12.3 Å². The van der Waals surface area contributed by atoms with Gasteiger partial charge in [-0.1, -0.05) is 28.9 Å². The molecule has 2 rings (SSSR count). The zero-order valence-corrected chi connectivity index (χ0v) is 13.4. The number of hydrogen-bond acceptors (Lipinski definition) is 4. The minimum atomic E-state index is -0.261. The van der Waals surface area contributed by atoms with Gasteiger partial charge < -0.3 is 10.1 Å². The maximum Gasteiger partial charge on any atom is 0.273 e. The van der Waals surface area contributed by atoms with Crippen molar-refractivity contribution in [3.63, 3.8) is 0 Å². The van der Waals surface area contributed by atoms with Crippen LogP contribution in [-0.4, -0.2) is 40.2 Å². The van der Waals surface area contributed by atoms with Crippen molar-refractivity contribution in [1.29, 1.82) is 0 Å². The zero-order chi connectivity index (χ0) is 15.9. The van der Waals surface area contributed by atoms with Gasteiger partial charge in [0, 0.05) is 13.2 Å². The molecule has 1 heterocycles. The average molecular weight is 323 g/mol. The molecule has 0 spiro atoms. The molecule has 0 fully saturated rings. The molecule has 0 saturated carbocycles. The minimum absolute atomic E-state index is 0.200. The van der Waals surface area contributed by atoms with E-state index < -0.39 is 0 Å². The van der Waals surface area contributed by atoms with Crippen LogP contribution in [0.15, 0.2) is 30.5 Å². The van der Waals surface area contributed by atoms with E-state index in [2.05, 4.69) is 15.6 Å². The van der Waals surface area contributed by atoms with Crippen LogP contribution < -0.4 is 5.32 Å². The maximum atomic E-state index is 12.0. The van der Waals surface area contributed by atoms with Gasteiger partial charge in [0.2, 0.25) is 0 Å². The van der Waals surface area contributed by atoms with E-state index >= 15 is 0 Å². The van der Waals surface area contributed by atoms with Gasteiger partial charge in [0.15, 0.2) is 5.69 Å². The van der Waals surface area contributed by atoms with Crippen molar-refractivity contribution in [3.05, 3.63) is 41.2 Å². The Hall–Kier alpha value is -1.92. The quantitative estimate of drug-likeness (QED) is 0.795. The Morgan fingerprint density at radius 1 is 1.41 bits per heavy atom. The summed E-state index contributed by atoms with van der Waals surface area (Å²) in [5, 5.41) is 11.1. The Balaban J connectivity index is 1.88. The highest BCUT2D eigenvalue weighted by molar-refractivity contribution is 6.32. The molecule has 0 unspecified atom stereocenters. The molecule has 0 radical (unpaired) electrons. The first-order chi connectivity index (χ1) is 10.6. The molecule has 0 aliphatic rings. The molecule has 0 bridgehead atoms. The minimum Gasteiger partial charge on any atom is -0.379 e. The van der Waals surface area contributed by atoms with Crippen LogP contribution in [0.4, 0.5) is 0 Å². The molecular weight excluding hydrogens is 304 g/mol. The van der Waals surface area contributed by atoms with Crippen LogP contribution in [0.1, 0.15) is 30.8 Å². The lowest BCUT2D eigenvalue weighted by atomic mass is 10.3. The molecule has 6 nitrogen and oxygen atoms in total. The number of benzene rings is 1. The summed E-state index contributed by atoms with van der Waals surface area (Å²) in [4.78, 5) is 12.0. The molecule has 0 aliphatic carbocycles. The number of para-hydroxylation sites is 1. The van der Waals surface area contributed by atoms with Crippen LogP contribution in [0.5, 0.6) is 0 Å². The van der Waals surface area contributed by atoms with E-state index in [1.165, 1.54) is 4.68 Å². The normalized spacial score (nSPS) is 10.9. The smallest absolute Gasteiger partial charge is 0.273 e. The Bertz CT molecular complexity index is 628. The molecule has 1 N–H and O–H groups in total. The Morgan fingerprint density at radius 2 is 2.18 bits per heavy atom. The van der Waals surface area contributed by atoms with E-state index in [4.69, 9.17) is 16.3 Å². The molecule has 118 valence electrons. The lowest BCUT2D eigenvalue weighted by Gasteiger charge is -2.07. The van der Waals surface area contributed by atoms with Crippen LogP contribution in [0.25, 0.3) is 5.69 Å². The monoisotopic (exact) mass is 322 g/mol. The molecule has 0 saturated heterocycles. The first kappa shape index (κ1) is 16.5. The highest BCUT2D eigenvalue weighted by Crippen LogP contribution is 2.18. The van der Waals surface area contributed by atoms with Crippen LogP contribution in [0, 0.1) is 0 Å². The lowest BCUT2D eigenvalue weighted by molar-refractivity contribution is 0.0756. The molecule has 0 atom stereocenters. The zero-order valence-electron chi connectivity index (χ0n) is 12.6. The van der Waals surface area contributed by atoms with Crippen molar-refractivity contribution in [2.24, 2.45) is 0 Å². The van der Waals surface area contributed by atoms with Gasteiger partial charge in [-0.15, -0.1) is 5.10 Å². The number of halogens is 1. The fourth-order valence-electron chi connectivity index (χ4n) is 1.81. The third-order valence-corrected chi connectivity index (χ3v) is 3.20. The summed E-state index contributed by atoms with van der Waals surface area (Å²) in [7, 11) is 0. The van der Waals surface area contributed by atoms with Gasteiger partial charge in [0.1, 0.15) is 0 Å². The van der Waals surface area contributed by atoms with Crippen molar-refractivity contribution in [1.82, 2.24) is 20.3 Å². The summed E-state index contributed by atoms with van der Waals surface area (Å²) in [6.07, 6.45) is 2.51. The van der Waals surface area contributed by atoms with Gasteiger partial charge in [-0.25, -0.2) is 4.68 Å². The Kier molecular flexibility index (Phi) is 5.91. The van der Waals surface area contributed by atoms with Gasteiger partial charge >= 0.3 is 0 Å². The van der Waals surface area contributed by atoms with Crippen LogP contribution in [0.2, 0.25) is 5.02 Å². The van der Waals surface area contributed by atoms with E-state index in [9.17, 15) is 4.79 Å². The van der Waals surface area contributed by atoms with Crippen molar-refractivity contribution >= 4 is 17.5 Å². The third-order valence-electron chi connectivity index (χ3n) is 2.88. The summed E-state index contributed by atoms with van der Waals surface area (Å²) >= 11 is 6.09. The number of amides is 1. The predicted molar refractivity (Wildman–Crippen MR) is 84.4 cm³/mol. The second-order valence-electron chi connectivity index (χ2n) is 5.03. The van der Waals surface area contributed by atoms with Gasteiger partial charge in [-0.05, 0) is 32.4 Å². The van der Waals surface area contributed by atoms with Crippen molar-refractivity contribution in [2.75, 3.05) is 13.2 Å². The van der Waals surface area contributed by atoms with Crippen LogP contribution in [0.3, 0.4) is 0 Å². The van der Waals surface area contributed by atoms with E-state index in [0.29, 0.717) is 23.9 Å². The molecule has 22 heavy (non-hydrogen) atoms. The lowest BCUT2D eigenvalue weighted by Crippen LogP contribution is -2.25. The summed E-state index contributed by atoms with van der Waals surface area (Å²) in [6, 6.07) is 7.24. The molecular formula is C15H19ClN4O2. The second-order valence-corrected chi connectivity index (χ2v) is 5.44. The fourth-order valence-corrected chi connectivity index (χ4v) is 2.03. The number of rotatable bonds is 7. The number of nitrogens with zero attached hydrogens (tertiary/aromatic N) is 3. The van der Waals surface area contributed by atoms with Gasteiger partial charge in [-0.2, -0.15) is 0 Å². The summed E-state index contributed by atoms with van der Waals surface area (Å²) in [6.45, 7) is 5.10. The first-order valence-corrected chi connectivity index (χ1v) is 7.53. The molecule has 7 heteroatoms. The molecule has 2 aromatic rings. The van der Waals surface area contributed by atoms with E-state index in [-0.39, 0.29) is 17.7 Å². The Labute approximate surface area is 134 Å². The number of ether oxygens (including phenoxy) is 1. The summed E-state index contributed by atoms with van der Waals surface area (Å²) in [5.41, 5.74) is 0.936. The highest BCUT2D eigenvalue weighted by Gasteiger charge is 2.12. The number of hydrogen-bond donors (Lipinski definition) is 1.